The molecule has 7 nitrogen and oxygen atoms in total. The van der Waals surface area contributed by atoms with Crippen LogP contribution in [-0.4, -0.2) is 41.3 Å². The summed E-state index contributed by atoms with van der Waals surface area (Å²) >= 11 is 0. The first kappa shape index (κ1) is 16.3. The highest BCUT2D eigenvalue weighted by Gasteiger charge is 2.25. The number of carbonyl (C=O) groups excluding carboxylic acids is 2. The van der Waals surface area contributed by atoms with E-state index in [1.54, 1.807) is 17.9 Å². The molecule has 2 heterocycles. The third kappa shape index (κ3) is 3.67. The maximum absolute atomic E-state index is 12.2. The maximum Gasteiger partial charge on any atom is 0.417 e. The van der Waals surface area contributed by atoms with Crippen LogP contribution in [0.3, 0.4) is 0 Å². The lowest BCUT2D eigenvalue weighted by Gasteiger charge is -2.30. The fraction of sp³-hybridized carbons (Fsp3) is 0.471. The fourth-order valence-electron chi connectivity index (χ4n) is 3.09. The molecule has 0 atom stereocenters. The van der Waals surface area contributed by atoms with Gasteiger partial charge in [0.15, 0.2) is 5.58 Å². The second-order valence-corrected chi connectivity index (χ2v) is 6.17. The zero-order valence-corrected chi connectivity index (χ0v) is 13.6. The van der Waals surface area contributed by atoms with Crippen LogP contribution in [0.15, 0.2) is 27.4 Å². The quantitative estimate of drug-likeness (QED) is 0.875. The number of nitrogens with one attached hydrogen (secondary N) is 2. The molecule has 0 unspecified atom stereocenters. The van der Waals surface area contributed by atoms with Crippen molar-refractivity contribution in [3.63, 3.8) is 0 Å². The van der Waals surface area contributed by atoms with Gasteiger partial charge in [-0.25, -0.2) is 4.79 Å². The summed E-state index contributed by atoms with van der Waals surface area (Å²) in [5.74, 6) is -0.363. The number of hydrogen-bond donors (Lipinski definition) is 2. The smallest absolute Gasteiger partial charge is 0.408 e. The van der Waals surface area contributed by atoms with E-state index in [0.717, 1.165) is 5.56 Å². The topological polar surface area (TPSA) is 95.4 Å². The maximum atomic E-state index is 12.2. The average molecular weight is 331 g/mol. The van der Waals surface area contributed by atoms with Gasteiger partial charge < -0.3 is 14.6 Å². The zero-order chi connectivity index (χ0) is 17.1. The number of oxazole rings is 1. The molecule has 2 aromatic rings. The van der Waals surface area contributed by atoms with Crippen LogP contribution < -0.4 is 11.1 Å². The molecule has 1 aliphatic rings. The minimum Gasteiger partial charge on any atom is -0.408 e. The highest BCUT2D eigenvalue weighted by Crippen LogP contribution is 2.17. The number of carbonyl (C=O) groups is 2. The largest absolute Gasteiger partial charge is 0.417 e. The van der Waals surface area contributed by atoms with Gasteiger partial charge in [-0.3, -0.25) is 14.6 Å². The molecule has 1 aromatic carbocycles. The van der Waals surface area contributed by atoms with E-state index in [1.807, 2.05) is 12.1 Å². The van der Waals surface area contributed by atoms with E-state index in [1.165, 1.54) is 0 Å². The van der Waals surface area contributed by atoms with Crippen molar-refractivity contribution in [2.75, 3.05) is 19.6 Å². The molecule has 1 fully saturated rings. The van der Waals surface area contributed by atoms with Gasteiger partial charge in [0.05, 0.1) is 5.52 Å². The van der Waals surface area contributed by atoms with Crippen molar-refractivity contribution in [2.24, 2.45) is 5.92 Å². The summed E-state index contributed by atoms with van der Waals surface area (Å²) in [7, 11) is 0. The van der Waals surface area contributed by atoms with Gasteiger partial charge >= 0.3 is 5.76 Å². The van der Waals surface area contributed by atoms with E-state index >= 15 is 0 Å². The molecular formula is C17H21N3O4. The van der Waals surface area contributed by atoms with Crippen LogP contribution in [-0.2, 0) is 16.0 Å². The molecule has 2 amide bonds. The molecule has 0 spiro atoms. The van der Waals surface area contributed by atoms with Crippen LogP contribution in [0.5, 0.6) is 0 Å². The standard InChI is InChI=1S/C17H21N3O4/c1-11(21)20-8-5-13(6-9-20)16(22)18-7-4-12-2-3-15-14(10-12)19-17(23)24-15/h2-3,10,13H,4-9H2,1H3,(H,18,22)(H,19,23). The number of fused-ring (bicyclic) bond motifs is 1. The predicted octanol–water partition coefficient (Wildman–Crippen LogP) is 1.04. The minimum absolute atomic E-state index is 0.0201. The Morgan fingerprint density at radius 3 is 2.79 bits per heavy atom. The van der Waals surface area contributed by atoms with Crippen LogP contribution >= 0.6 is 0 Å². The second kappa shape index (κ2) is 6.90. The molecule has 0 saturated carbocycles. The number of piperidine rings is 1. The summed E-state index contributed by atoms with van der Waals surface area (Å²) in [6.07, 6.45) is 2.11. The number of likely N-dealkylation sites (tertiary alicyclic amines) is 1. The van der Waals surface area contributed by atoms with Gasteiger partial charge in [0.25, 0.3) is 0 Å². The lowest BCUT2D eigenvalue weighted by Crippen LogP contribution is -2.42. The lowest BCUT2D eigenvalue weighted by atomic mass is 9.96. The highest BCUT2D eigenvalue weighted by molar-refractivity contribution is 5.79. The second-order valence-electron chi connectivity index (χ2n) is 6.17. The molecule has 7 heteroatoms. The monoisotopic (exact) mass is 331 g/mol. The van der Waals surface area contributed by atoms with Crippen LogP contribution in [0.4, 0.5) is 0 Å². The van der Waals surface area contributed by atoms with Gasteiger partial charge in [-0.1, -0.05) is 6.07 Å². The minimum atomic E-state index is -0.465. The van der Waals surface area contributed by atoms with E-state index in [2.05, 4.69) is 10.3 Å². The van der Waals surface area contributed by atoms with Crippen LogP contribution in [0, 0.1) is 5.92 Å². The van der Waals surface area contributed by atoms with Crippen molar-refractivity contribution in [3.8, 4) is 0 Å². The number of aromatic amines is 1. The van der Waals surface area contributed by atoms with E-state index < -0.39 is 5.76 Å². The molecule has 1 aliphatic heterocycles. The van der Waals surface area contributed by atoms with E-state index in [0.29, 0.717) is 50.0 Å². The third-order valence-corrected chi connectivity index (χ3v) is 4.51. The Bertz CT molecular complexity index is 800. The molecule has 0 radical (unpaired) electrons. The summed E-state index contributed by atoms with van der Waals surface area (Å²) in [5, 5.41) is 2.96. The lowest BCUT2D eigenvalue weighted by molar-refractivity contribution is -0.133. The average Bonchev–Trinajstić information content (AvgIpc) is 2.94. The summed E-state index contributed by atoms with van der Waals surface area (Å²) in [5.41, 5.74) is 2.22. The van der Waals surface area contributed by atoms with Gasteiger partial charge in [-0.05, 0) is 37.0 Å². The zero-order valence-electron chi connectivity index (χ0n) is 13.6. The first-order valence-corrected chi connectivity index (χ1v) is 8.18. The van der Waals surface area contributed by atoms with Crippen molar-refractivity contribution < 1.29 is 14.0 Å². The predicted molar refractivity (Wildman–Crippen MR) is 88.5 cm³/mol. The highest BCUT2D eigenvalue weighted by atomic mass is 16.4. The Labute approximate surface area is 139 Å². The van der Waals surface area contributed by atoms with Crippen molar-refractivity contribution >= 4 is 22.9 Å². The van der Waals surface area contributed by atoms with Crippen LogP contribution in [0.25, 0.3) is 11.1 Å². The number of amides is 2. The fourth-order valence-corrected chi connectivity index (χ4v) is 3.09. The van der Waals surface area contributed by atoms with Crippen molar-refractivity contribution in [1.82, 2.24) is 15.2 Å². The van der Waals surface area contributed by atoms with Gasteiger partial charge in [0, 0.05) is 32.5 Å². The Morgan fingerprint density at radius 1 is 1.33 bits per heavy atom. The normalized spacial score (nSPS) is 15.6. The Balaban J connectivity index is 1.47. The first-order chi connectivity index (χ1) is 11.5. The molecule has 128 valence electrons. The number of H-pyrrole nitrogens is 1. The summed E-state index contributed by atoms with van der Waals surface area (Å²) in [6, 6.07) is 5.50. The molecule has 3 rings (SSSR count). The summed E-state index contributed by atoms with van der Waals surface area (Å²) < 4.78 is 4.96. The van der Waals surface area contributed by atoms with E-state index in [4.69, 9.17) is 4.42 Å². The molecule has 24 heavy (non-hydrogen) atoms. The molecule has 1 aromatic heterocycles. The van der Waals surface area contributed by atoms with Gasteiger partial charge in [0.2, 0.25) is 11.8 Å². The van der Waals surface area contributed by atoms with Gasteiger partial charge in [0.1, 0.15) is 0 Å². The number of nitrogens with zero attached hydrogens (tertiary/aromatic N) is 1. The molecule has 0 bridgehead atoms. The van der Waals surface area contributed by atoms with Crippen molar-refractivity contribution in [1.29, 1.82) is 0 Å². The Kier molecular flexibility index (Phi) is 4.69. The number of aromatic nitrogens is 1. The SMILES string of the molecule is CC(=O)N1CCC(C(=O)NCCc2ccc3oc(=O)[nH]c3c2)CC1. The first-order valence-electron chi connectivity index (χ1n) is 8.18. The van der Waals surface area contributed by atoms with Crippen molar-refractivity contribution in [2.45, 2.75) is 26.2 Å². The summed E-state index contributed by atoms with van der Waals surface area (Å²) in [6.45, 7) is 3.40. The molecule has 0 aliphatic carbocycles. The molecule has 2 N–H and O–H groups in total. The Hall–Kier alpha value is -2.57. The third-order valence-electron chi connectivity index (χ3n) is 4.51. The molecular weight excluding hydrogens is 310 g/mol. The number of hydrogen-bond acceptors (Lipinski definition) is 4. The van der Waals surface area contributed by atoms with E-state index in [9.17, 15) is 14.4 Å². The van der Waals surface area contributed by atoms with E-state index in [-0.39, 0.29) is 17.7 Å². The van der Waals surface area contributed by atoms with Crippen molar-refractivity contribution in [3.05, 3.63) is 34.3 Å². The van der Waals surface area contributed by atoms with Gasteiger partial charge in [-0.15, -0.1) is 0 Å². The van der Waals surface area contributed by atoms with Crippen LogP contribution in [0.1, 0.15) is 25.3 Å². The number of rotatable bonds is 4. The Morgan fingerprint density at radius 2 is 2.08 bits per heavy atom. The summed E-state index contributed by atoms with van der Waals surface area (Å²) in [4.78, 5) is 39.0. The van der Waals surface area contributed by atoms with Gasteiger partial charge in [-0.2, -0.15) is 0 Å². The number of benzene rings is 1. The van der Waals surface area contributed by atoms with Crippen LogP contribution in [0.2, 0.25) is 0 Å². The molecule has 1 saturated heterocycles.